The summed E-state index contributed by atoms with van der Waals surface area (Å²) in [6.07, 6.45) is 1.00. The second-order valence-corrected chi connectivity index (χ2v) is 5.37. The van der Waals surface area contributed by atoms with Crippen LogP contribution in [0.1, 0.15) is 30.1 Å². The van der Waals surface area contributed by atoms with E-state index in [0.29, 0.717) is 18.9 Å². The third-order valence-corrected chi connectivity index (χ3v) is 3.79. The number of benzene rings is 1. The Morgan fingerprint density at radius 3 is 2.64 bits per heavy atom. The number of carbonyl (C=O) groups is 2. The van der Waals surface area contributed by atoms with Gasteiger partial charge in [-0.2, -0.15) is 0 Å². The Kier molecular flexibility index (Phi) is 6.41. The standard InChI is InChI=1S/C13H14BrFN2O5/c1-2-3-7(13(19)20)6-16-12(18)9-4-8(15)5-10(11(9)14)17(21)22/h4-5,7H,2-3,6H2,1H3,(H,16,18)(H,19,20). The van der Waals surface area contributed by atoms with Crippen molar-refractivity contribution in [3.05, 3.63) is 38.1 Å². The van der Waals surface area contributed by atoms with Gasteiger partial charge in [0.15, 0.2) is 0 Å². The SMILES string of the molecule is CCCC(CNC(=O)c1cc(F)cc([N+](=O)[O-])c1Br)C(=O)O. The van der Waals surface area contributed by atoms with Gasteiger partial charge in [-0.25, -0.2) is 4.39 Å². The lowest BCUT2D eigenvalue weighted by Gasteiger charge is -2.13. The number of hydrogen-bond acceptors (Lipinski definition) is 4. The number of nitrogens with one attached hydrogen (secondary N) is 1. The molecule has 1 aromatic carbocycles. The highest BCUT2D eigenvalue weighted by Crippen LogP contribution is 2.29. The molecule has 1 unspecified atom stereocenters. The maximum Gasteiger partial charge on any atom is 0.308 e. The Hall–Kier alpha value is -2.03. The molecule has 9 heteroatoms. The van der Waals surface area contributed by atoms with Crippen LogP contribution in [-0.4, -0.2) is 28.5 Å². The normalized spacial score (nSPS) is 11.8. The second kappa shape index (κ2) is 7.83. The molecular formula is C13H14BrFN2O5. The fourth-order valence-corrected chi connectivity index (χ4v) is 2.40. The molecule has 0 fully saturated rings. The highest BCUT2D eigenvalue weighted by molar-refractivity contribution is 9.10. The average molecular weight is 377 g/mol. The van der Waals surface area contributed by atoms with Crippen LogP contribution < -0.4 is 5.32 Å². The zero-order valence-electron chi connectivity index (χ0n) is 11.6. The number of carboxylic acid groups (broad SMARTS) is 1. The van der Waals surface area contributed by atoms with Crippen molar-refractivity contribution in [2.45, 2.75) is 19.8 Å². The first-order chi connectivity index (χ1) is 10.3. The van der Waals surface area contributed by atoms with Crippen LogP contribution in [0.25, 0.3) is 0 Å². The van der Waals surface area contributed by atoms with E-state index in [2.05, 4.69) is 21.2 Å². The van der Waals surface area contributed by atoms with Gasteiger partial charge in [0.1, 0.15) is 10.3 Å². The second-order valence-electron chi connectivity index (χ2n) is 4.58. The van der Waals surface area contributed by atoms with Gasteiger partial charge in [-0.05, 0) is 28.4 Å². The Morgan fingerprint density at radius 2 is 2.14 bits per heavy atom. The summed E-state index contributed by atoms with van der Waals surface area (Å²) in [5.74, 6) is -3.53. The van der Waals surface area contributed by atoms with Crippen molar-refractivity contribution >= 4 is 33.5 Å². The van der Waals surface area contributed by atoms with Gasteiger partial charge in [0, 0.05) is 6.54 Å². The van der Waals surface area contributed by atoms with Crippen molar-refractivity contribution in [1.82, 2.24) is 5.32 Å². The summed E-state index contributed by atoms with van der Waals surface area (Å²) in [5, 5.41) is 22.1. The van der Waals surface area contributed by atoms with Gasteiger partial charge in [-0.3, -0.25) is 19.7 Å². The summed E-state index contributed by atoms with van der Waals surface area (Å²) in [5.41, 5.74) is -0.833. The van der Waals surface area contributed by atoms with E-state index in [9.17, 15) is 24.1 Å². The lowest BCUT2D eigenvalue weighted by atomic mass is 10.0. The van der Waals surface area contributed by atoms with Crippen molar-refractivity contribution in [2.24, 2.45) is 5.92 Å². The van der Waals surface area contributed by atoms with Crippen LogP contribution in [0, 0.1) is 21.8 Å². The highest BCUT2D eigenvalue weighted by Gasteiger charge is 2.23. The molecule has 1 rings (SSSR count). The number of nitro groups is 1. The number of nitrogens with zero attached hydrogens (tertiary/aromatic N) is 1. The molecule has 1 atom stereocenters. The minimum atomic E-state index is -1.05. The van der Waals surface area contributed by atoms with Crippen molar-refractivity contribution in [3.8, 4) is 0 Å². The molecule has 22 heavy (non-hydrogen) atoms. The van der Waals surface area contributed by atoms with Crippen molar-refractivity contribution in [2.75, 3.05) is 6.54 Å². The van der Waals surface area contributed by atoms with Gasteiger partial charge in [0.05, 0.1) is 22.5 Å². The summed E-state index contributed by atoms with van der Waals surface area (Å²) in [4.78, 5) is 33.0. The molecule has 0 saturated heterocycles. The third-order valence-electron chi connectivity index (χ3n) is 2.95. The smallest absolute Gasteiger partial charge is 0.308 e. The van der Waals surface area contributed by atoms with Crippen LogP contribution in [-0.2, 0) is 4.79 Å². The van der Waals surface area contributed by atoms with Gasteiger partial charge in [0.25, 0.3) is 11.6 Å². The van der Waals surface area contributed by atoms with Crippen LogP contribution >= 0.6 is 15.9 Å². The fourth-order valence-electron chi connectivity index (χ4n) is 1.85. The zero-order chi connectivity index (χ0) is 16.9. The molecule has 7 nitrogen and oxygen atoms in total. The molecule has 0 aliphatic rings. The molecule has 0 spiro atoms. The van der Waals surface area contributed by atoms with Gasteiger partial charge in [-0.15, -0.1) is 0 Å². The molecule has 0 aromatic heterocycles. The fraction of sp³-hybridized carbons (Fsp3) is 0.385. The molecule has 0 aliphatic heterocycles. The van der Waals surface area contributed by atoms with E-state index in [1.165, 1.54) is 0 Å². The van der Waals surface area contributed by atoms with Crippen LogP contribution in [0.5, 0.6) is 0 Å². The molecule has 0 heterocycles. The van der Waals surface area contributed by atoms with E-state index in [0.717, 1.165) is 6.07 Å². The largest absolute Gasteiger partial charge is 0.481 e. The molecule has 0 aliphatic carbocycles. The average Bonchev–Trinajstić information content (AvgIpc) is 2.44. The van der Waals surface area contributed by atoms with Gasteiger partial charge < -0.3 is 10.4 Å². The number of aliphatic carboxylic acids is 1. The lowest BCUT2D eigenvalue weighted by molar-refractivity contribution is -0.385. The molecule has 0 saturated carbocycles. The Balaban J connectivity index is 2.94. The number of halogens is 2. The molecule has 0 bridgehead atoms. The van der Waals surface area contributed by atoms with Gasteiger partial charge in [-0.1, -0.05) is 13.3 Å². The van der Waals surface area contributed by atoms with Crippen LogP contribution in [0.15, 0.2) is 16.6 Å². The molecule has 2 N–H and O–H groups in total. The Morgan fingerprint density at radius 1 is 1.50 bits per heavy atom. The number of nitro benzene ring substituents is 1. The summed E-state index contributed by atoms with van der Waals surface area (Å²) in [7, 11) is 0. The molecular weight excluding hydrogens is 363 g/mol. The van der Waals surface area contributed by atoms with E-state index in [1.54, 1.807) is 0 Å². The molecule has 120 valence electrons. The monoisotopic (exact) mass is 376 g/mol. The lowest BCUT2D eigenvalue weighted by Crippen LogP contribution is -2.33. The summed E-state index contributed by atoms with van der Waals surface area (Å²) >= 11 is 2.90. The predicted molar refractivity (Wildman–Crippen MR) is 79.1 cm³/mol. The van der Waals surface area contributed by atoms with E-state index >= 15 is 0 Å². The van der Waals surface area contributed by atoms with Crippen LogP contribution in [0.2, 0.25) is 0 Å². The van der Waals surface area contributed by atoms with Crippen molar-refractivity contribution < 1.29 is 24.0 Å². The topological polar surface area (TPSA) is 110 Å². The van der Waals surface area contributed by atoms with Gasteiger partial charge in [0.2, 0.25) is 0 Å². The minimum absolute atomic E-state index is 0.140. The first-order valence-electron chi connectivity index (χ1n) is 6.42. The number of carboxylic acids is 1. The molecule has 1 amide bonds. The van der Waals surface area contributed by atoms with E-state index in [4.69, 9.17) is 5.11 Å². The maximum atomic E-state index is 13.4. The predicted octanol–water partition coefficient (Wildman–Crippen LogP) is 2.73. The molecule has 0 radical (unpaired) electrons. The number of carbonyl (C=O) groups excluding carboxylic acids is 1. The Bertz CT molecular complexity index is 608. The zero-order valence-corrected chi connectivity index (χ0v) is 13.2. The summed E-state index contributed by atoms with van der Waals surface area (Å²) in [6.45, 7) is 1.67. The van der Waals surface area contributed by atoms with E-state index in [1.807, 2.05) is 6.92 Å². The Labute approximate surface area is 133 Å². The summed E-state index contributed by atoms with van der Waals surface area (Å²) < 4.78 is 13.2. The highest BCUT2D eigenvalue weighted by atomic mass is 79.9. The maximum absolute atomic E-state index is 13.4. The van der Waals surface area contributed by atoms with Crippen LogP contribution in [0.3, 0.4) is 0 Å². The number of amides is 1. The number of rotatable bonds is 7. The van der Waals surface area contributed by atoms with E-state index < -0.39 is 34.2 Å². The first-order valence-corrected chi connectivity index (χ1v) is 7.21. The van der Waals surface area contributed by atoms with Crippen molar-refractivity contribution in [3.63, 3.8) is 0 Å². The van der Waals surface area contributed by atoms with Crippen LogP contribution in [0.4, 0.5) is 10.1 Å². The quantitative estimate of drug-likeness (QED) is 0.561. The van der Waals surface area contributed by atoms with Gasteiger partial charge >= 0.3 is 5.97 Å². The summed E-state index contributed by atoms with van der Waals surface area (Å²) in [6, 6.07) is 1.54. The third kappa shape index (κ3) is 4.48. The number of hydrogen-bond donors (Lipinski definition) is 2. The van der Waals surface area contributed by atoms with Crippen molar-refractivity contribution in [1.29, 1.82) is 0 Å². The van der Waals surface area contributed by atoms with E-state index in [-0.39, 0.29) is 16.6 Å². The minimum Gasteiger partial charge on any atom is -0.481 e. The first kappa shape index (κ1) is 18.0. The molecule has 1 aromatic rings.